The standard InChI is InChI=1S/C16H20N2O3/c1-17(13-7-5-6-8-13)15(19)11-18(12-16(20)21)14-9-3-2-4-10-14/h2-4,7,9-10H,5-6,8,11-12H2,1H3,(H,20,21). The van der Waals surface area contributed by atoms with Crippen LogP contribution in [-0.2, 0) is 9.59 Å². The van der Waals surface area contributed by atoms with Crippen LogP contribution < -0.4 is 4.90 Å². The molecule has 0 bridgehead atoms. The van der Waals surface area contributed by atoms with Crippen LogP contribution in [0.25, 0.3) is 0 Å². The quantitative estimate of drug-likeness (QED) is 0.871. The number of nitrogens with zero attached hydrogens (tertiary/aromatic N) is 2. The van der Waals surface area contributed by atoms with E-state index in [1.54, 1.807) is 16.8 Å². The number of allylic oxidation sites excluding steroid dienone is 2. The number of rotatable bonds is 6. The maximum atomic E-state index is 12.3. The van der Waals surface area contributed by atoms with Crippen LogP contribution in [0.4, 0.5) is 5.69 Å². The summed E-state index contributed by atoms with van der Waals surface area (Å²) in [5.41, 5.74) is 1.77. The first-order valence-electron chi connectivity index (χ1n) is 7.05. The Kier molecular flexibility index (Phi) is 4.98. The molecule has 0 atom stereocenters. The molecule has 1 N–H and O–H groups in total. The second-order valence-corrected chi connectivity index (χ2v) is 5.13. The SMILES string of the molecule is CN(C(=O)CN(CC(=O)O)c1ccccc1)C1=CCCC1. The molecule has 21 heavy (non-hydrogen) atoms. The molecule has 5 heteroatoms. The summed E-state index contributed by atoms with van der Waals surface area (Å²) in [7, 11) is 1.75. The number of carboxylic acid groups (broad SMARTS) is 1. The number of anilines is 1. The third-order valence-corrected chi connectivity index (χ3v) is 3.60. The average molecular weight is 288 g/mol. The Labute approximate surface area is 124 Å². The van der Waals surface area contributed by atoms with Gasteiger partial charge in [-0.2, -0.15) is 0 Å². The fourth-order valence-electron chi connectivity index (χ4n) is 2.43. The fraction of sp³-hybridized carbons (Fsp3) is 0.375. The molecule has 1 aromatic carbocycles. The van der Waals surface area contributed by atoms with Crippen LogP contribution in [0.2, 0.25) is 0 Å². The van der Waals surface area contributed by atoms with E-state index in [1.165, 1.54) is 0 Å². The Morgan fingerprint density at radius 1 is 1.19 bits per heavy atom. The van der Waals surface area contributed by atoms with Crippen molar-refractivity contribution in [2.24, 2.45) is 0 Å². The molecule has 1 aliphatic rings. The highest BCUT2D eigenvalue weighted by Gasteiger charge is 2.20. The smallest absolute Gasteiger partial charge is 0.323 e. The molecule has 112 valence electrons. The largest absolute Gasteiger partial charge is 0.480 e. The minimum atomic E-state index is -0.950. The van der Waals surface area contributed by atoms with Crippen molar-refractivity contribution in [3.8, 4) is 0 Å². The van der Waals surface area contributed by atoms with Crippen molar-refractivity contribution in [3.05, 3.63) is 42.1 Å². The van der Waals surface area contributed by atoms with Crippen molar-refractivity contribution in [1.29, 1.82) is 0 Å². The van der Waals surface area contributed by atoms with Gasteiger partial charge in [0.15, 0.2) is 0 Å². The average Bonchev–Trinajstić information content (AvgIpc) is 3.00. The van der Waals surface area contributed by atoms with Gasteiger partial charge in [0.2, 0.25) is 5.91 Å². The Bertz CT molecular complexity index is 540. The minimum absolute atomic E-state index is 0.0597. The zero-order valence-electron chi connectivity index (χ0n) is 12.2. The van der Waals surface area contributed by atoms with E-state index in [0.29, 0.717) is 0 Å². The van der Waals surface area contributed by atoms with Crippen LogP contribution in [0.3, 0.4) is 0 Å². The molecule has 0 aliphatic heterocycles. The van der Waals surface area contributed by atoms with Crippen LogP contribution >= 0.6 is 0 Å². The van der Waals surface area contributed by atoms with Gasteiger partial charge in [-0.15, -0.1) is 0 Å². The van der Waals surface area contributed by atoms with Crippen LogP contribution in [0.15, 0.2) is 42.1 Å². The van der Waals surface area contributed by atoms with Gasteiger partial charge in [-0.1, -0.05) is 24.3 Å². The van der Waals surface area contributed by atoms with E-state index in [4.69, 9.17) is 5.11 Å². The number of carboxylic acids is 1. The molecule has 0 unspecified atom stereocenters. The van der Waals surface area contributed by atoms with Gasteiger partial charge in [0.1, 0.15) is 6.54 Å². The Morgan fingerprint density at radius 3 is 2.48 bits per heavy atom. The third-order valence-electron chi connectivity index (χ3n) is 3.60. The van der Waals surface area contributed by atoms with Crippen molar-refractivity contribution in [3.63, 3.8) is 0 Å². The van der Waals surface area contributed by atoms with E-state index in [2.05, 4.69) is 6.08 Å². The molecule has 0 radical (unpaired) electrons. The molecule has 0 saturated heterocycles. The lowest BCUT2D eigenvalue weighted by Gasteiger charge is -2.26. The predicted octanol–water partition coefficient (Wildman–Crippen LogP) is 2.10. The number of benzene rings is 1. The summed E-state index contributed by atoms with van der Waals surface area (Å²) in [5, 5.41) is 9.03. The van der Waals surface area contributed by atoms with Crippen molar-refractivity contribution >= 4 is 17.6 Å². The highest BCUT2D eigenvalue weighted by Crippen LogP contribution is 2.21. The summed E-state index contributed by atoms with van der Waals surface area (Å²) < 4.78 is 0. The monoisotopic (exact) mass is 288 g/mol. The zero-order valence-corrected chi connectivity index (χ0v) is 12.2. The molecule has 0 spiro atoms. The third kappa shape index (κ3) is 4.08. The number of hydrogen-bond acceptors (Lipinski definition) is 3. The van der Waals surface area contributed by atoms with Crippen LogP contribution in [-0.4, -0.2) is 42.0 Å². The number of para-hydroxylation sites is 1. The Hall–Kier alpha value is -2.30. The van der Waals surface area contributed by atoms with Gasteiger partial charge in [0.25, 0.3) is 0 Å². The molecule has 0 aromatic heterocycles. The molecule has 0 saturated carbocycles. The highest BCUT2D eigenvalue weighted by molar-refractivity contribution is 5.85. The maximum absolute atomic E-state index is 12.3. The number of amides is 1. The summed E-state index contributed by atoms with van der Waals surface area (Å²) >= 11 is 0. The molecule has 0 fully saturated rings. The second-order valence-electron chi connectivity index (χ2n) is 5.13. The van der Waals surface area contributed by atoms with Gasteiger partial charge in [0, 0.05) is 18.4 Å². The second kappa shape index (κ2) is 6.92. The summed E-state index contributed by atoms with van der Waals surface area (Å²) in [4.78, 5) is 26.6. The molecule has 2 rings (SSSR count). The lowest BCUT2D eigenvalue weighted by Crippen LogP contribution is -2.40. The maximum Gasteiger partial charge on any atom is 0.323 e. The summed E-state index contributed by atoms with van der Waals surface area (Å²) in [6.45, 7) is -0.132. The number of carbonyl (C=O) groups is 2. The van der Waals surface area contributed by atoms with Crippen LogP contribution in [0.1, 0.15) is 19.3 Å². The number of carbonyl (C=O) groups excluding carboxylic acids is 1. The van der Waals surface area contributed by atoms with Crippen molar-refractivity contribution in [1.82, 2.24) is 4.90 Å². The van der Waals surface area contributed by atoms with Crippen LogP contribution in [0.5, 0.6) is 0 Å². The zero-order chi connectivity index (χ0) is 15.2. The van der Waals surface area contributed by atoms with Gasteiger partial charge < -0.3 is 14.9 Å². The normalized spacial score (nSPS) is 13.7. The molecule has 1 aromatic rings. The van der Waals surface area contributed by atoms with E-state index < -0.39 is 5.97 Å². The summed E-state index contributed by atoms with van der Waals surface area (Å²) in [5.74, 6) is -1.04. The molecular weight excluding hydrogens is 268 g/mol. The lowest BCUT2D eigenvalue weighted by atomic mass is 10.2. The van der Waals surface area contributed by atoms with Crippen molar-refractivity contribution in [2.45, 2.75) is 19.3 Å². The first kappa shape index (κ1) is 15.1. The Morgan fingerprint density at radius 2 is 1.90 bits per heavy atom. The summed E-state index contributed by atoms with van der Waals surface area (Å²) in [6.07, 6.45) is 5.06. The molecule has 5 nitrogen and oxygen atoms in total. The number of likely N-dealkylation sites (N-methyl/N-ethyl adjacent to an activating group) is 1. The van der Waals surface area contributed by atoms with Crippen molar-refractivity contribution in [2.75, 3.05) is 25.0 Å². The number of aliphatic carboxylic acids is 1. The van der Waals surface area contributed by atoms with E-state index in [1.807, 2.05) is 30.3 Å². The topological polar surface area (TPSA) is 60.9 Å². The molecule has 0 heterocycles. The van der Waals surface area contributed by atoms with Crippen molar-refractivity contribution < 1.29 is 14.7 Å². The van der Waals surface area contributed by atoms with Gasteiger partial charge in [0.05, 0.1) is 6.54 Å². The summed E-state index contributed by atoms with van der Waals surface area (Å²) in [6, 6.07) is 9.14. The van der Waals surface area contributed by atoms with Gasteiger partial charge in [-0.05, 0) is 31.4 Å². The lowest BCUT2D eigenvalue weighted by molar-refractivity contribution is -0.135. The van der Waals surface area contributed by atoms with E-state index in [0.717, 1.165) is 30.6 Å². The predicted molar refractivity (Wildman–Crippen MR) is 81.0 cm³/mol. The molecule has 1 aliphatic carbocycles. The molecule has 1 amide bonds. The number of hydrogen-bond donors (Lipinski definition) is 1. The minimum Gasteiger partial charge on any atom is -0.480 e. The van der Waals surface area contributed by atoms with E-state index in [-0.39, 0.29) is 19.0 Å². The van der Waals surface area contributed by atoms with Gasteiger partial charge >= 0.3 is 5.97 Å². The van der Waals surface area contributed by atoms with Gasteiger partial charge in [-0.3, -0.25) is 9.59 Å². The van der Waals surface area contributed by atoms with E-state index >= 15 is 0 Å². The van der Waals surface area contributed by atoms with E-state index in [9.17, 15) is 9.59 Å². The first-order chi connectivity index (χ1) is 10.1. The highest BCUT2D eigenvalue weighted by atomic mass is 16.4. The van der Waals surface area contributed by atoms with Gasteiger partial charge in [-0.25, -0.2) is 0 Å². The first-order valence-corrected chi connectivity index (χ1v) is 7.05. The Balaban J connectivity index is 2.07. The fourth-order valence-corrected chi connectivity index (χ4v) is 2.43. The van der Waals surface area contributed by atoms with Crippen LogP contribution in [0, 0.1) is 0 Å². The molecular formula is C16H20N2O3.